The van der Waals surface area contributed by atoms with Gasteiger partial charge in [0.1, 0.15) is 6.10 Å². The van der Waals surface area contributed by atoms with Crippen molar-refractivity contribution in [2.75, 3.05) is 57.1 Å². The molecule has 0 bridgehead atoms. The minimum atomic E-state index is -4.60. The SMILES string of the molecule is CN(C)c1ccc(NC(=O)N2CCN(C(=O)C3CCCO3)CC2)c(C(F)(F)F)c1. The number of carbonyl (C=O) groups excluding carboxylic acids is 2. The van der Waals surface area contributed by atoms with Gasteiger partial charge in [0.2, 0.25) is 0 Å². The minimum absolute atomic E-state index is 0.0822. The van der Waals surface area contributed by atoms with E-state index in [4.69, 9.17) is 4.74 Å². The fraction of sp³-hybridized carbons (Fsp3) is 0.579. The van der Waals surface area contributed by atoms with Crippen LogP contribution in [0.5, 0.6) is 0 Å². The number of ether oxygens (including phenoxy) is 1. The van der Waals surface area contributed by atoms with Gasteiger partial charge in [-0.3, -0.25) is 4.79 Å². The van der Waals surface area contributed by atoms with Crippen LogP contribution in [-0.4, -0.2) is 74.7 Å². The van der Waals surface area contributed by atoms with E-state index in [1.807, 2.05) is 0 Å². The van der Waals surface area contributed by atoms with E-state index >= 15 is 0 Å². The van der Waals surface area contributed by atoms with E-state index in [-0.39, 0.29) is 24.7 Å². The number of halogens is 3. The molecule has 1 aromatic carbocycles. The third kappa shape index (κ3) is 4.92. The summed E-state index contributed by atoms with van der Waals surface area (Å²) in [6.45, 7) is 1.74. The first kappa shape index (κ1) is 21.2. The van der Waals surface area contributed by atoms with Crippen LogP contribution in [-0.2, 0) is 15.7 Å². The minimum Gasteiger partial charge on any atom is -0.378 e. The number of piperazine rings is 1. The second-order valence-electron chi connectivity index (χ2n) is 7.37. The Bertz CT molecular complexity index is 756. The van der Waals surface area contributed by atoms with Crippen molar-refractivity contribution in [1.29, 1.82) is 0 Å². The normalized spacial score (nSPS) is 20.0. The highest BCUT2D eigenvalue weighted by atomic mass is 19.4. The van der Waals surface area contributed by atoms with Crippen molar-refractivity contribution in [2.24, 2.45) is 0 Å². The van der Waals surface area contributed by atoms with E-state index in [2.05, 4.69) is 5.32 Å². The molecular weight excluding hydrogens is 389 g/mol. The molecule has 3 amide bonds. The number of anilines is 2. The third-order valence-electron chi connectivity index (χ3n) is 5.15. The number of benzene rings is 1. The van der Waals surface area contributed by atoms with Crippen LogP contribution >= 0.6 is 0 Å². The Labute approximate surface area is 167 Å². The van der Waals surface area contributed by atoms with Gasteiger partial charge in [-0.1, -0.05) is 0 Å². The lowest BCUT2D eigenvalue weighted by Crippen LogP contribution is -2.53. The summed E-state index contributed by atoms with van der Waals surface area (Å²) in [4.78, 5) is 29.5. The van der Waals surface area contributed by atoms with Crippen molar-refractivity contribution in [3.8, 4) is 0 Å². The molecule has 0 radical (unpaired) electrons. The first-order valence-corrected chi connectivity index (χ1v) is 9.51. The molecule has 2 aliphatic rings. The van der Waals surface area contributed by atoms with Crippen LogP contribution in [0.25, 0.3) is 0 Å². The highest BCUT2D eigenvalue weighted by Gasteiger charge is 2.35. The molecule has 2 aliphatic heterocycles. The summed E-state index contributed by atoms with van der Waals surface area (Å²) in [6, 6.07) is 3.17. The molecule has 1 unspecified atom stereocenters. The summed E-state index contributed by atoms with van der Waals surface area (Å²) in [7, 11) is 3.29. The van der Waals surface area contributed by atoms with Crippen LogP contribution in [0.4, 0.5) is 29.3 Å². The molecule has 2 saturated heterocycles. The monoisotopic (exact) mass is 414 g/mol. The topological polar surface area (TPSA) is 65.1 Å². The van der Waals surface area contributed by atoms with E-state index in [9.17, 15) is 22.8 Å². The number of urea groups is 1. The van der Waals surface area contributed by atoms with Gasteiger partial charge in [-0.15, -0.1) is 0 Å². The molecule has 10 heteroatoms. The molecule has 0 aromatic heterocycles. The highest BCUT2D eigenvalue weighted by Crippen LogP contribution is 2.37. The van der Waals surface area contributed by atoms with Crippen molar-refractivity contribution in [3.05, 3.63) is 23.8 Å². The van der Waals surface area contributed by atoms with Crippen molar-refractivity contribution in [1.82, 2.24) is 9.80 Å². The molecule has 3 rings (SSSR count). The van der Waals surface area contributed by atoms with Gasteiger partial charge in [-0.25, -0.2) is 4.79 Å². The Morgan fingerprint density at radius 2 is 1.79 bits per heavy atom. The molecule has 2 fully saturated rings. The zero-order valence-electron chi connectivity index (χ0n) is 16.5. The van der Waals surface area contributed by atoms with Crippen LogP contribution in [0, 0.1) is 0 Å². The van der Waals surface area contributed by atoms with Gasteiger partial charge in [0, 0.05) is 52.6 Å². The number of hydrogen-bond acceptors (Lipinski definition) is 4. The molecule has 0 spiro atoms. The first-order valence-electron chi connectivity index (χ1n) is 9.51. The fourth-order valence-electron chi connectivity index (χ4n) is 3.45. The second-order valence-corrected chi connectivity index (χ2v) is 7.37. The van der Waals surface area contributed by atoms with Gasteiger partial charge < -0.3 is 24.8 Å². The summed E-state index contributed by atoms with van der Waals surface area (Å²) in [6.07, 6.45) is -3.46. The molecule has 1 aromatic rings. The standard InChI is InChI=1S/C19H25F3N4O3/c1-24(2)13-5-6-15(14(12-13)19(20,21)22)23-18(28)26-9-7-25(8-10-26)17(27)16-4-3-11-29-16/h5-6,12,16H,3-4,7-11H2,1-2H3,(H,23,28). The van der Waals surface area contributed by atoms with E-state index in [0.29, 0.717) is 31.8 Å². The van der Waals surface area contributed by atoms with E-state index in [1.54, 1.807) is 23.9 Å². The third-order valence-corrected chi connectivity index (χ3v) is 5.15. The summed E-state index contributed by atoms with van der Waals surface area (Å²) in [5.74, 6) is -0.0822. The van der Waals surface area contributed by atoms with Crippen LogP contribution in [0.3, 0.4) is 0 Å². The number of amides is 3. The number of nitrogens with one attached hydrogen (secondary N) is 1. The maximum absolute atomic E-state index is 13.4. The average molecular weight is 414 g/mol. The van der Waals surface area contributed by atoms with Crippen molar-refractivity contribution in [2.45, 2.75) is 25.1 Å². The molecule has 2 heterocycles. The van der Waals surface area contributed by atoms with E-state index in [1.165, 1.54) is 17.0 Å². The second kappa shape index (κ2) is 8.48. The smallest absolute Gasteiger partial charge is 0.378 e. The van der Waals surface area contributed by atoms with Crippen LogP contribution < -0.4 is 10.2 Å². The zero-order valence-corrected chi connectivity index (χ0v) is 16.5. The Balaban J connectivity index is 1.63. The van der Waals surface area contributed by atoms with E-state index in [0.717, 1.165) is 12.5 Å². The van der Waals surface area contributed by atoms with Crippen LogP contribution in [0.1, 0.15) is 18.4 Å². The summed E-state index contributed by atoms with van der Waals surface area (Å²) in [5, 5.41) is 2.37. The number of rotatable bonds is 3. The summed E-state index contributed by atoms with van der Waals surface area (Å²) in [5.41, 5.74) is -0.799. The predicted molar refractivity (Wildman–Crippen MR) is 102 cm³/mol. The molecule has 1 N–H and O–H groups in total. The van der Waals surface area contributed by atoms with Gasteiger partial charge in [0.15, 0.2) is 0 Å². The maximum atomic E-state index is 13.4. The summed E-state index contributed by atoms with van der Waals surface area (Å²) >= 11 is 0. The fourth-order valence-corrected chi connectivity index (χ4v) is 3.45. The molecule has 7 nitrogen and oxygen atoms in total. The maximum Gasteiger partial charge on any atom is 0.418 e. The molecule has 0 saturated carbocycles. The molecule has 160 valence electrons. The van der Waals surface area contributed by atoms with Crippen molar-refractivity contribution in [3.63, 3.8) is 0 Å². The van der Waals surface area contributed by atoms with Gasteiger partial charge in [-0.2, -0.15) is 13.2 Å². The van der Waals surface area contributed by atoms with Crippen molar-refractivity contribution < 1.29 is 27.5 Å². The Morgan fingerprint density at radius 3 is 2.34 bits per heavy atom. The molecular formula is C19H25F3N4O3. The number of carbonyl (C=O) groups is 2. The van der Waals surface area contributed by atoms with Gasteiger partial charge in [-0.05, 0) is 31.0 Å². The molecule has 29 heavy (non-hydrogen) atoms. The van der Waals surface area contributed by atoms with Crippen molar-refractivity contribution >= 4 is 23.3 Å². The number of hydrogen-bond donors (Lipinski definition) is 1. The van der Waals surface area contributed by atoms with Crippen LogP contribution in [0.15, 0.2) is 18.2 Å². The van der Waals surface area contributed by atoms with Gasteiger partial charge >= 0.3 is 12.2 Å². The zero-order chi connectivity index (χ0) is 21.2. The lowest BCUT2D eigenvalue weighted by Gasteiger charge is -2.35. The molecule has 0 aliphatic carbocycles. The highest BCUT2D eigenvalue weighted by molar-refractivity contribution is 5.91. The van der Waals surface area contributed by atoms with E-state index < -0.39 is 23.9 Å². The Morgan fingerprint density at radius 1 is 1.14 bits per heavy atom. The van der Waals surface area contributed by atoms with Gasteiger partial charge in [0.05, 0.1) is 11.3 Å². The summed E-state index contributed by atoms with van der Waals surface area (Å²) < 4.78 is 45.7. The van der Waals surface area contributed by atoms with Gasteiger partial charge in [0.25, 0.3) is 5.91 Å². The Kier molecular flexibility index (Phi) is 6.21. The number of nitrogens with zero attached hydrogens (tertiary/aromatic N) is 3. The lowest BCUT2D eigenvalue weighted by atomic mass is 10.1. The lowest BCUT2D eigenvalue weighted by molar-refractivity contribution is -0.142. The Hall–Kier alpha value is -2.49. The quantitative estimate of drug-likeness (QED) is 0.826. The predicted octanol–water partition coefficient (Wildman–Crippen LogP) is 2.63. The van der Waals surface area contributed by atoms with Crippen LogP contribution in [0.2, 0.25) is 0 Å². The average Bonchev–Trinajstić information content (AvgIpc) is 3.21. The first-order chi connectivity index (χ1) is 13.7. The molecule has 1 atom stereocenters. The number of alkyl halides is 3. The largest absolute Gasteiger partial charge is 0.418 e.